The third-order valence-electron chi connectivity index (χ3n) is 5.43. The lowest BCUT2D eigenvalue weighted by Gasteiger charge is -2.38. The lowest BCUT2D eigenvalue weighted by atomic mass is 9.82. The molecule has 30 heavy (non-hydrogen) atoms. The Hall–Kier alpha value is -2.28. The van der Waals surface area contributed by atoms with Crippen molar-refractivity contribution < 1.29 is 18.7 Å². The smallest absolute Gasteiger partial charge is 0.234 e. The molecule has 1 heterocycles. The van der Waals surface area contributed by atoms with E-state index in [2.05, 4.69) is 10.6 Å². The fourth-order valence-electron chi connectivity index (χ4n) is 3.59. The van der Waals surface area contributed by atoms with E-state index in [1.807, 2.05) is 38.1 Å². The minimum absolute atomic E-state index is 0.0739. The maximum atomic E-state index is 13.3. The molecule has 0 aromatic heterocycles. The van der Waals surface area contributed by atoms with E-state index >= 15 is 0 Å². The third-order valence-corrected chi connectivity index (χ3v) is 5.43. The molecule has 1 amide bonds. The minimum Gasteiger partial charge on any atom is -0.381 e. The van der Waals surface area contributed by atoms with Gasteiger partial charge in [0, 0.05) is 25.3 Å². The first-order valence-corrected chi connectivity index (χ1v) is 10.5. The Morgan fingerprint density at radius 3 is 2.33 bits per heavy atom. The average Bonchev–Trinajstić information content (AvgIpc) is 2.76. The van der Waals surface area contributed by atoms with Crippen LogP contribution in [0.3, 0.4) is 0 Å². The summed E-state index contributed by atoms with van der Waals surface area (Å²) in [6.45, 7) is 6.49. The molecule has 1 aliphatic rings. The Morgan fingerprint density at radius 2 is 1.70 bits per heavy atom. The van der Waals surface area contributed by atoms with E-state index in [0.717, 1.165) is 29.5 Å². The number of nitrogens with one attached hydrogen (secondary N) is 2. The van der Waals surface area contributed by atoms with Gasteiger partial charge in [0.1, 0.15) is 5.82 Å². The van der Waals surface area contributed by atoms with Gasteiger partial charge in [-0.3, -0.25) is 10.1 Å². The van der Waals surface area contributed by atoms with Crippen molar-refractivity contribution in [2.24, 2.45) is 0 Å². The summed E-state index contributed by atoms with van der Waals surface area (Å²) in [6.07, 6.45) is 1.68. The van der Waals surface area contributed by atoms with E-state index in [-0.39, 0.29) is 29.9 Å². The number of rotatable bonds is 9. The Labute approximate surface area is 178 Å². The maximum absolute atomic E-state index is 13.3. The summed E-state index contributed by atoms with van der Waals surface area (Å²) in [6, 6.07) is 14.6. The van der Waals surface area contributed by atoms with Crippen molar-refractivity contribution >= 4 is 5.91 Å². The largest absolute Gasteiger partial charge is 0.381 e. The van der Waals surface area contributed by atoms with E-state index in [1.54, 1.807) is 12.1 Å². The lowest BCUT2D eigenvalue weighted by molar-refractivity contribution is -0.121. The average molecular weight is 415 g/mol. The summed E-state index contributed by atoms with van der Waals surface area (Å²) in [4.78, 5) is 12.4. The van der Waals surface area contributed by atoms with Crippen LogP contribution in [0.1, 0.15) is 43.4 Å². The molecule has 1 aliphatic heterocycles. The third kappa shape index (κ3) is 6.36. The Balaban J connectivity index is 1.51. The number of benzene rings is 2. The Kier molecular flexibility index (Phi) is 7.96. The molecule has 3 rings (SSSR count). The summed E-state index contributed by atoms with van der Waals surface area (Å²) in [5, 5.41) is 6.37. The fourth-order valence-corrected chi connectivity index (χ4v) is 3.59. The topological polar surface area (TPSA) is 59.6 Å². The molecule has 1 saturated heterocycles. The van der Waals surface area contributed by atoms with Gasteiger partial charge >= 0.3 is 0 Å². The van der Waals surface area contributed by atoms with Crippen molar-refractivity contribution in [2.75, 3.05) is 19.8 Å². The monoisotopic (exact) mass is 414 g/mol. The predicted octanol–water partition coefficient (Wildman–Crippen LogP) is 3.66. The van der Waals surface area contributed by atoms with Crippen LogP contribution in [-0.4, -0.2) is 31.8 Å². The van der Waals surface area contributed by atoms with E-state index in [9.17, 15) is 9.18 Å². The molecule has 2 aromatic rings. The normalized spacial score (nSPS) is 15.9. The van der Waals surface area contributed by atoms with Crippen LogP contribution in [0, 0.1) is 5.82 Å². The molecule has 0 unspecified atom stereocenters. The zero-order valence-corrected chi connectivity index (χ0v) is 17.7. The molecule has 2 N–H and O–H groups in total. The highest BCUT2D eigenvalue weighted by atomic mass is 19.1. The Bertz CT molecular complexity index is 800. The van der Waals surface area contributed by atoms with Crippen LogP contribution in [0.2, 0.25) is 0 Å². The van der Waals surface area contributed by atoms with E-state index in [0.29, 0.717) is 26.4 Å². The van der Waals surface area contributed by atoms with Crippen molar-refractivity contribution in [3.05, 3.63) is 71.0 Å². The van der Waals surface area contributed by atoms with Gasteiger partial charge < -0.3 is 14.8 Å². The molecule has 6 heteroatoms. The van der Waals surface area contributed by atoms with Gasteiger partial charge in [-0.05, 0) is 55.5 Å². The van der Waals surface area contributed by atoms with Crippen molar-refractivity contribution in [3.63, 3.8) is 0 Å². The summed E-state index contributed by atoms with van der Waals surface area (Å²) in [5.41, 5.74) is 2.76. The molecule has 1 fully saturated rings. The second-order valence-electron chi connectivity index (χ2n) is 8.01. The molecule has 0 saturated carbocycles. The zero-order chi connectivity index (χ0) is 21.4. The van der Waals surface area contributed by atoms with Crippen molar-refractivity contribution in [2.45, 2.75) is 51.5 Å². The van der Waals surface area contributed by atoms with E-state index in [4.69, 9.17) is 9.47 Å². The number of amides is 1. The van der Waals surface area contributed by atoms with Crippen molar-refractivity contribution in [1.82, 2.24) is 10.6 Å². The van der Waals surface area contributed by atoms with Crippen molar-refractivity contribution in [1.29, 1.82) is 0 Å². The van der Waals surface area contributed by atoms with Crippen LogP contribution < -0.4 is 10.6 Å². The van der Waals surface area contributed by atoms with Crippen LogP contribution in [0.4, 0.5) is 4.39 Å². The molecule has 0 atom stereocenters. The standard InChI is InChI=1S/C24H31FN2O3/c1-18(2)30-17-20-5-3-19(4-6-20)15-26-23(28)16-27-24(11-13-29-14-12-24)21-7-9-22(25)10-8-21/h3-10,18,27H,11-17H2,1-2H3,(H,26,28). The summed E-state index contributed by atoms with van der Waals surface area (Å²) in [7, 11) is 0. The van der Waals surface area contributed by atoms with E-state index < -0.39 is 0 Å². The fraction of sp³-hybridized carbons (Fsp3) is 0.458. The molecule has 0 bridgehead atoms. The number of carbonyl (C=O) groups excluding carboxylic acids is 1. The lowest BCUT2D eigenvalue weighted by Crippen LogP contribution is -2.50. The second kappa shape index (κ2) is 10.7. The van der Waals surface area contributed by atoms with Crippen LogP contribution in [-0.2, 0) is 33.0 Å². The molecule has 162 valence electrons. The van der Waals surface area contributed by atoms with Gasteiger partial charge in [0.2, 0.25) is 5.91 Å². The van der Waals surface area contributed by atoms with Gasteiger partial charge in [0.25, 0.3) is 0 Å². The number of carbonyl (C=O) groups is 1. The molecular formula is C24H31FN2O3. The summed E-state index contributed by atoms with van der Waals surface area (Å²) < 4.78 is 24.4. The molecule has 0 aliphatic carbocycles. The van der Waals surface area contributed by atoms with Gasteiger partial charge in [-0.25, -0.2) is 4.39 Å². The number of hydrogen-bond donors (Lipinski definition) is 2. The molecule has 5 nitrogen and oxygen atoms in total. The highest BCUT2D eigenvalue weighted by Crippen LogP contribution is 2.32. The highest BCUT2D eigenvalue weighted by Gasteiger charge is 2.34. The molecule has 0 spiro atoms. The quantitative estimate of drug-likeness (QED) is 0.658. The first-order chi connectivity index (χ1) is 14.5. The first-order valence-electron chi connectivity index (χ1n) is 10.5. The minimum atomic E-state index is -0.374. The predicted molar refractivity (Wildman–Crippen MR) is 114 cm³/mol. The van der Waals surface area contributed by atoms with Gasteiger partial charge in [0.05, 0.1) is 19.3 Å². The number of halogens is 1. The number of ether oxygens (including phenoxy) is 2. The van der Waals surface area contributed by atoms with Crippen LogP contribution in [0.25, 0.3) is 0 Å². The van der Waals surface area contributed by atoms with Gasteiger partial charge in [0.15, 0.2) is 0 Å². The first kappa shape index (κ1) is 22.4. The Morgan fingerprint density at radius 1 is 1.07 bits per heavy atom. The van der Waals surface area contributed by atoms with Crippen LogP contribution >= 0.6 is 0 Å². The van der Waals surface area contributed by atoms with Gasteiger partial charge in [-0.2, -0.15) is 0 Å². The van der Waals surface area contributed by atoms with Crippen LogP contribution in [0.5, 0.6) is 0 Å². The summed E-state index contributed by atoms with van der Waals surface area (Å²) >= 11 is 0. The summed E-state index contributed by atoms with van der Waals surface area (Å²) in [5.74, 6) is -0.337. The van der Waals surface area contributed by atoms with E-state index in [1.165, 1.54) is 12.1 Å². The van der Waals surface area contributed by atoms with Crippen molar-refractivity contribution in [3.8, 4) is 0 Å². The number of hydrogen-bond acceptors (Lipinski definition) is 4. The molecule has 0 radical (unpaired) electrons. The van der Waals surface area contributed by atoms with Gasteiger partial charge in [-0.15, -0.1) is 0 Å². The second-order valence-corrected chi connectivity index (χ2v) is 8.01. The highest BCUT2D eigenvalue weighted by molar-refractivity contribution is 5.78. The van der Waals surface area contributed by atoms with Gasteiger partial charge in [-0.1, -0.05) is 36.4 Å². The maximum Gasteiger partial charge on any atom is 0.234 e. The molecule has 2 aromatic carbocycles. The SMILES string of the molecule is CC(C)OCc1ccc(CNC(=O)CNC2(c3ccc(F)cc3)CCOCC2)cc1. The molecular weight excluding hydrogens is 383 g/mol. The van der Waals surface area contributed by atoms with Crippen LogP contribution in [0.15, 0.2) is 48.5 Å². The zero-order valence-electron chi connectivity index (χ0n) is 17.7.